The molecule has 1 N–H and O–H groups in total. The lowest BCUT2D eigenvalue weighted by Gasteiger charge is -2.27. The number of ether oxygens (including phenoxy) is 2. The van der Waals surface area contributed by atoms with Crippen LogP contribution in [0.4, 0.5) is 0 Å². The summed E-state index contributed by atoms with van der Waals surface area (Å²) in [5.41, 5.74) is 4.62. The van der Waals surface area contributed by atoms with Crippen LogP contribution in [0.5, 0.6) is 11.5 Å². The fourth-order valence-corrected chi connectivity index (χ4v) is 4.18. The number of carbonyl (C=O) groups excluding carboxylic acids is 1. The first-order valence-electron chi connectivity index (χ1n) is 10.6. The van der Waals surface area contributed by atoms with Gasteiger partial charge in [-0.1, -0.05) is 66.2 Å². The summed E-state index contributed by atoms with van der Waals surface area (Å²) in [6.45, 7) is 2.48. The number of nitrogens with zero attached hydrogens (tertiary/aromatic N) is 1. The molecule has 1 amide bonds. The molecule has 0 unspecified atom stereocenters. The van der Waals surface area contributed by atoms with E-state index >= 15 is 0 Å². The van der Waals surface area contributed by atoms with Crippen LogP contribution in [0.3, 0.4) is 0 Å². The van der Waals surface area contributed by atoms with E-state index in [2.05, 4.69) is 0 Å². The zero-order valence-corrected chi connectivity index (χ0v) is 18.5. The molecule has 1 aliphatic rings. The first-order chi connectivity index (χ1) is 15.5. The predicted octanol–water partition coefficient (Wildman–Crippen LogP) is 5.11. The molecule has 0 bridgehead atoms. The Kier molecular flexibility index (Phi) is 6.17. The molecule has 0 spiro atoms. The molecule has 32 heavy (non-hydrogen) atoms. The van der Waals surface area contributed by atoms with Gasteiger partial charge in [0.1, 0.15) is 0 Å². The molecule has 164 valence electrons. The number of aliphatic hydroxyl groups is 1. The van der Waals surface area contributed by atoms with E-state index in [0.717, 1.165) is 22.3 Å². The van der Waals surface area contributed by atoms with Crippen molar-refractivity contribution in [2.24, 2.45) is 0 Å². The Morgan fingerprint density at radius 1 is 0.906 bits per heavy atom. The number of aryl methyl sites for hydroxylation is 1. The van der Waals surface area contributed by atoms with Crippen LogP contribution in [0.2, 0.25) is 0 Å². The van der Waals surface area contributed by atoms with Crippen LogP contribution in [0.1, 0.15) is 28.3 Å². The maximum absolute atomic E-state index is 13.2. The quantitative estimate of drug-likeness (QED) is 0.567. The zero-order valence-electron chi connectivity index (χ0n) is 18.5. The SMILES string of the molecule is COc1ccc(CCN2C(=O)C(O)=C(c3ccccc3)[C@@H]2c2ccc(C)cc2)cc1OC. The molecule has 0 saturated heterocycles. The topological polar surface area (TPSA) is 59.0 Å². The summed E-state index contributed by atoms with van der Waals surface area (Å²) in [5.74, 6) is 0.777. The summed E-state index contributed by atoms with van der Waals surface area (Å²) in [6, 6.07) is 23.1. The fraction of sp³-hybridized carbons (Fsp3) is 0.222. The Balaban J connectivity index is 1.68. The standard InChI is InChI=1S/C27H27NO4/c1-18-9-12-21(13-10-18)25-24(20-7-5-4-6-8-20)26(29)27(30)28(25)16-15-19-11-14-22(31-2)23(17-19)32-3/h4-14,17,25,29H,15-16H2,1-3H3/t25-/m0/s1. The third-order valence-corrected chi connectivity index (χ3v) is 5.87. The van der Waals surface area contributed by atoms with Crippen LogP contribution < -0.4 is 9.47 Å². The molecule has 0 fully saturated rings. The average Bonchev–Trinajstić information content (AvgIpc) is 3.08. The molecule has 0 aromatic heterocycles. The third kappa shape index (κ3) is 4.06. The second-order valence-corrected chi connectivity index (χ2v) is 7.88. The van der Waals surface area contributed by atoms with Crippen molar-refractivity contribution in [2.75, 3.05) is 20.8 Å². The first-order valence-corrected chi connectivity index (χ1v) is 10.6. The molecular weight excluding hydrogens is 402 g/mol. The monoisotopic (exact) mass is 429 g/mol. The van der Waals surface area contributed by atoms with E-state index in [-0.39, 0.29) is 17.7 Å². The minimum absolute atomic E-state index is 0.186. The summed E-state index contributed by atoms with van der Waals surface area (Å²) in [7, 11) is 3.21. The average molecular weight is 430 g/mol. The summed E-state index contributed by atoms with van der Waals surface area (Å²) in [4.78, 5) is 14.9. The molecule has 0 radical (unpaired) electrons. The highest BCUT2D eigenvalue weighted by molar-refractivity contribution is 6.05. The van der Waals surface area contributed by atoms with E-state index in [1.807, 2.05) is 79.7 Å². The number of benzene rings is 3. The number of amides is 1. The Hall–Kier alpha value is -3.73. The number of hydrogen-bond donors (Lipinski definition) is 1. The number of methoxy groups -OCH3 is 2. The zero-order chi connectivity index (χ0) is 22.7. The van der Waals surface area contributed by atoms with Crippen molar-refractivity contribution in [2.45, 2.75) is 19.4 Å². The van der Waals surface area contributed by atoms with Crippen LogP contribution in [0, 0.1) is 6.92 Å². The minimum Gasteiger partial charge on any atom is -0.503 e. The maximum atomic E-state index is 13.2. The van der Waals surface area contributed by atoms with Crippen molar-refractivity contribution in [3.05, 3.63) is 101 Å². The molecule has 5 nitrogen and oxygen atoms in total. The number of rotatable bonds is 7. The largest absolute Gasteiger partial charge is 0.503 e. The van der Waals surface area contributed by atoms with E-state index in [9.17, 15) is 9.90 Å². The molecule has 1 atom stereocenters. The van der Waals surface area contributed by atoms with Crippen LogP contribution >= 0.6 is 0 Å². The third-order valence-electron chi connectivity index (χ3n) is 5.87. The summed E-state index contributed by atoms with van der Waals surface area (Å²) < 4.78 is 10.7. The second-order valence-electron chi connectivity index (χ2n) is 7.88. The summed E-state index contributed by atoms with van der Waals surface area (Å²) in [6.07, 6.45) is 0.615. The molecule has 3 aromatic rings. The molecule has 0 saturated carbocycles. The number of carbonyl (C=O) groups is 1. The van der Waals surface area contributed by atoms with Gasteiger partial charge in [-0.2, -0.15) is 0 Å². The van der Waals surface area contributed by atoms with Crippen molar-refractivity contribution in [3.63, 3.8) is 0 Å². The molecule has 4 rings (SSSR count). The van der Waals surface area contributed by atoms with Crippen LogP contribution in [-0.4, -0.2) is 36.7 Å². The Bertz CT molecular complexity index is 1140. The van der Waals surface area contributed by atoms with E-state index < -0.39 is 0 Å². The van der Waals surface area contributed by atoms with Crippen LogP contribution in [0.25, 0.3) is 5.57 Å². The molecule has 0 aliphatic carbocycles. The van der Waals surface area contributed by atoms with Crippen molar-refractivity contribution in [1.82, 2.24) is 4.90 Å². The van der Waals surface area contributed by atoms with Gasteiger partial charge in [0.2, 0.25) is 0 Å². The lowest BCUT2D eigenvalue weighted by Crippen LogP contribution is -2.32. The van der Waals surface area contributed by atoms with Crippen molar-refractivity contribution in [3.8, 4) is 11.5 Å². The van der Waals surface area contributed by atoms with Gasteiger partial charge in [-0.05, 0) is 42.2 Å². The highest BCUT2D eigenvalue weighted by atomic mass is 16.5. The second kappa shape index (κ2) is 9.18. The van der Waals surface area contributed by atoms with Gasteiger partial charge in [0.25, 0.3) is 5.91 Å². The van der Waals surface area contributed by atoms with Gasteiger partial charge in [-0.3, -0.25) is 4.79 Å². The van der Waals surface area contributed by atoms with Gasteiger partial charge in [0, 0.05) is 12.1 Å². The molecular formula is C27H27NO4. The Morgan fingerprint density at radius 2 is 1.59 bits per heavy atom. The first kappa shape index (κ1) is 21.5. The maximum Gasteiger partial charge on any atom is 0.289 e. The summed E-state index contributed by atoms with van der Waals surface area (Å²) >= 11 is 0. The molecule has 3 aromatic carbocycles. The Morgan fingerprint density at radius 3 is 2.25 bits per heavy atom. The molecule has 1 aliphatic heterocycles. The molecule has 1 heterocycles. The van der Waals surface area contributed by atoms with Crippen molar-refractivity contribution >= 4 is 11.5 Å². The van der Waals surface area contributed by atoms with Crippen LogP contribution in [-0.2, 0) is 11.2 Å². The molecule has 5 heteroatoms. The van der Waals surface area contributed by atoms with Gasteiger partial charge in [-0.15, -0.1) is 0 Å². The Labute approximate surface area is 188 Å². The fourth-order valence-electron chi connectivity index (χ4n) is 4.18. The van der Waals surface area contributed by atoms with Gasteiger partial charge in [0.05, 0.1) is 20.3 Å². The van der Waals surface area contributed by atoms with Crippen molar-refractivity contribution < 1.29 is 19.4 Å². The highest BCUT2D eigenvalue weighted by Gasteiger charge is 2.40. The van der Waals surface area contributed by atoms with E-state index in [4.69, 9.17) is 9.47 Å². The van der Waals surface area contributed by atoms with Gasteiger partial charge >= 0.3 is 0 Å². The lowest BCUT2D eigenvalue weighted by molar-refractivity contribution is -0.129. The van der Waals surface area contributed by atoms with Gasteiger partial charge in [-0.25, -0.2) is 0 Å². The van der Waals surface area contributed by atoms with Crippen molar-refractivity contribution in [1.29, 1.82) is 0 Å². The smallest absolute Gasteiger partial charge is 0.289 e. The van der Waals surface area contributed by atoms with E-state index in [1.54, 1.807) is 19.1 Å². The van der Waals surface area contributed by atoms with Gasteiger partial charge < -0.3 is 19.5 Å². The van der Waals surface area contributed by atoms with Gasteiger partial charge in [0.15, 0.2) is 17.3 Å². The minimum atomic E-state index is -0.356. The number of hydrogen-bond acceptors (Lipinski definition) is 4. The van der Waals surface area contributed by atoms with E-state index in [1.165, 1.54) is 0 Å². The summed E-state index contributed by atoms with van der Waals surface area (Å²) in [5, 5.41) is 10.9. The lowest BCUT2D eigenvalue weighted by atomic mass is 9.93. The van der Waals surface area contributed by atoms with Crippen LogP contribution in [0.15, 0.2) is 78.6 Å². The highest BCUT2D eigenvalue weighted by Crippen LogP contribution is 2.43. The predicted molar refractivity (Wildman–Crippen MR) is 125 cm³/mol. The number of aliphatic hydroxyl groups excluding tert-OH is 1. The normalized spacial score (nSPS) is 15.9. The van der Waals surface area contributed by atoms with E-state index in [0.29, 0.717) is 30.0 Å².